The average Bonchev–Trinajstić information content (AvgIpc) is 2.82. The van der Waals surface area contributed by atoms with Gasteiger partial charge in [-0.25, -0.2) is 0 Å². The second-order valence-corrected chi connectivity index (χ2v) is 8.83. The monoisotopic (exact) mass is 624 g/mol. The molecule has 0 saturated heterocycles. The van der Waals surface area contributed by atoms with Crippen LogP contribution < -0.4 is 10.6 Å². The van der Waals surface area contributed by atoms with Crippen LogP contribution in [0.1, 0.15) is 45.7 Å². The summed E-state index contributed by atoms with van der Waals surface area (Å²) in [7, 11) is 0. The highest BCUT2D eigenvalue weighted by atomic mass is 127. The van der Waals surface area contributed by atoms with Crippen LogP contribution in [-0.4, -0.2) is 11.2 Å². The van der Waals surface area contributed by atoms with Crippen molar-refractivity contribution in [1.29, 1.82) is 0 Å². The first kappa shape index (κ1) is 27.3. The molecule has 3 rings (SSSR count). The first-order valence-corrected chi connectivity index (χ1v) is 13.2. The topological polar surface area (TPSA) is 41.1 Å². The van der Waals surface area contributed by atoms with E-state index in [9.17, 15) is 4.79 Å². The molecule has 1 atom stereocenters. The van der Waals surface area contributed by atoms with E-state index in [4.69, 9.17) is 23.2 Å². The Morgan fingerprint density at radius 2 is 1.83 bits per heavy atom. The van der Waals surface area contributed by atoms with E-state index in [0.717, 1.165) is 33.4 Å². The van der Waals surface area contributed by atoms with Gasteiger partial charge in [0, 0.05) is 26.6 Å². The number of anilines is 2. The zero-order valence-electron chi connectivity index (χ0n) is 17.8. The molecule has 0 bridgehead atoms. The van der Waals surface area contributed by atoms with E-state index in [1.54, 1.807) is 6.07 Å². The Morgan fingerprint density at radius 3 is 2.37 bits per heavy atom. The maximum Gasteiger partial charge on any atom is 0.120 e. The maximum absolute atomic E-state index is 9.62. The number of fused-ring (bicyclic) bond motifs is 1. The fraction of sp³-hybridized carbons (Fsp3) is 0.348. The lowest BCUT2D eigenvalue weighted by Crippen LogP contribution is -2.12. The Hall–Kier alpha value is -0.760. The molecule has 0 aromatic heterocycles. The van der Waals surface area contributed by atoms with Crippen molar-refractivity contribution in [2.24, 2.45) is 5.92 Å². The molecule has 0 saturated carbocycles. The van der Waals surface area contributed by atoms with Crippen molar-refractivity contribution in [3.63, 3.8) is 0 Å². The number of hydrogen-bond donors (Lipinski definition) is 2. The van der Waals surface area contributed by atoms with E-state index in [-0.39, 0.29) is 6.04 Å². The Kier molecular flexibility index (Phi) is 12.4. The standard InChI is InChI=1S/C17H15BrCl2N2.C5H10O.CH3I/c1-9-10(2)21-17-13(18)4-3-5-15(17)22-16(9)12-7-6-11(19)8-14(12)20;1-5(2)3-4-6;1-2/h3-8,16,21-22H,1-2H3;4-5H,3H2,1-2H3;1H3. The van der Waals surface area contributed by atoms with Crippen molar-refractivity contribution < 1.29 is 4.79 Å². The van der Waals surface area contributed by atoms with E-state index in [2.05, 4.69) is 69.1 Å². The number of carbonyl (C=O) groups is 1. The fourth-order valence-electron chi connectivity index (χ4n) is 2.78. The number of halogens is 4. The highest BCUT2D eigenvalue weighted by Gasteiger charge is 2.23. The SMILES string of the molecule is CC(C)CC=O.CC1=C(C)C(c2ccc(Cl)cc2Cl)Nc2cccc(Br)c2N1.CI. The van der Waals surface area contributed by atoms with Gasteiger partial charge in [0.2, 0.25) is 0 Å². The van der Waals surface area contributed by atoms with Crippen LogP contribution >= 0.6 is 61.7 Å². The van der Waals surface area contributed by atoms with Gasteiger partial charge in [0.15, 0.2) is 0 Å². The van der Waals surface area contributed by atoms with Crippen molar-refractivity contribution in [3.05, 3.63) is 67.7 Å². The summed E-state index contributed by atoms with van der Waals surface area (Å²) in [5.41, 5.74) is 5.37. The molecule has 2 aromatic rings. The largest absolute Gasteiger partial charge is 0.373 e. The molecule has 30 heavy (non-hydrogen) atoms. The number of para-hydroxylation sites is 1. The van der Waals surface area contributed by atoms with Crippen molar-refractivity contribution in [1.82, 2.24) is 0 Å². The van der Waals surface area contributed by atoms with Crippen LogP contribution in [0.5, 0.6) is 0 Å². The Balaban J connectivity index is 0.000000487. The molecule has 1 heterocycles. The third-order valence-electron chi connectivity index (χ3n) is 4.49. The lowest BCUT2D eigenvalue weighted by Gasteiger charge is -2.22. The molecule has 0 amide bonds. The normalized spacial score (nSPS) is 14.8. The van der Waals surface area contributed by atoms with E-state index in [1.165, 1.54) is 5.57 Å². The highest BCUT2D eigenvalue weighted by Crippen LogP contribution is 2.41. The number of carbonyl (C=O) groups excluding carboxylic acids is 1. The summed E-state index contributed by atoms with van der Waals surface area (Å²) >= 11 is 18.2. The molecule has 0 radical (unpaired) electrons. The zero-order chi connectivity index (χ0) is 22.8. The molecular formula is C23H28BrCl2IN2O. The number of rotatable bonds is 3. The third-order valence-corrected chi connectivity index (χ3v) is 5.71. The minimum Gasteiger partial charge on any atom is -0.373 e. The number of benzene rings is 2. The minimum atomic E-state index is -0.00665. The molecule has 1 aliphatic heterocycles. The molecule has 1 unspecified atom stereocenters. The van der Waals surface area contributed by atoms with Crippen LogP contribution in [0.4, 0.5) is 11.4 Å². The van der Waals surface area contributed by atoms with Crippen molar-refractivity contribution in [2.45, 2.75) is 40.2 Å². The molecule has 3 nitrogen and oxygen atoms in total. The molecule has 164 valence electrons. The van der Waals surface area contributed by atoms with Gasteiger partial charge in [-0.1, -0.05) is 71.8 Å². The van der Waals surface area contributed by atoms with Crippen molar-refractivity contribution >= 4 is 79.4 Å². The van der Waals surface area contributed by atoms with E-state index in [0.29, 0.717) is 22.4 Å². The van der Waals surface area contributed by atoms with Crippen LogP contribution in [0, 0.1) is 5.92 Å². The lowest BCUT2D eigenvalue weighted by atomic mass is 9.98. The summed E-state index contributed by atoms with van der Waals surface area (Å²) < 4.78 is 1.02. The predicted octanol–water partition coefficient (Wildman–Crippen LogP) is 8.91. The summed E-state index contributed by atoms with van der Waals surface area (Å²) in [4.78, 5) is 11.6. The van der Waals surface area contributed by atoms with Gasteiger partial charge in [-0.3, -0.25) is 0 Å². The van der Waals surface area contributed by atoms with E-state index in [1.807, 2.05) is 43.0 Å². The smallest absolute Gasteiger partial charge is 0.120 e. The highest BCUT2D eigenvalue weighted by molar-refractivity contribution is 14.1. The van der Waals surface area contributed by atoms with Crippen LogP contribution in [0.3, 0.4) is 0 Å². The molecular weight excluding hydrogens is 598 g/mol. The molecule has 0 spiro atoms. The number of hydrogen-bond acceptors (Lipinski definition) is 3. The maximum atomic E-state index is 9.62. The molecule has 0 fully saturated rings. The van der Waals surface area contributed by atoms with Crippen LogP contribution in [-0.2, 0) is 4.79 Å². The Bertz CT molecular complexity index is 888. The lowest BCUT2D eigenvalue weighted by molar-refractivity contribution is -0.108. The van der Waals surface area contributed by atoms with Gasteiger partial charge < -0.3 is 15.4 Å². The molecule has 2 aromatic carbocycles. The van der Waals surface area contributed by atoms with Gasteiger partial charge >= 0.3 is 0 Å². The molecule has 1 aliphatic rings. The van der Waals surface area contributed by atoms with Crippen LogP contribution in [0.25, 0.3) is 0 Å². The fourth-order valence-corrected chi connectivity index (χ4v) is 3.76. The second-order valence-electron chi connectivity index (χ2n) is 7.13. The first-order chi connectivity index (χ1) is 14.2. The van der Waals surface area contributed by atoms with Gasteiger partial charge in [-0.05, 0) is 76.0 Å². The van der Waals surface area contributed by atoms with Gasteiger partial charge in [-0.15, -0.1) is 0 Å². The number of aldehydes is 1. The summed E-state index contributed by atoms with van der Waals surface area (Å²) in [6, 6.07) is 11.7. The molecule has 7 heteroatoms. The predicted molar refractivity (Wildman–Crippen MR) is 144 cm³/mol. The van der Waals surface area contributed by atoms with Crippen LogP contribution in [0.15, 0.2) is 52.1 Å². The van der Waals surface area contributed by atoms with Gasteiger partial charge in [0.05, 0.1) is 17.4 Å². The molecule has 0 aliphatic carbocycles. The Labute approximate surface area is 212 Å². The third kappa shape index (κ3) is 7.74. The van der Waals surface area contributed by atoms with Crippen molar-refractivity contribution in [2.75, 3.05) is 15.6 Å². The van der Waals surface area contributed by atoms with E-state index >= 15 is 0 Å². The van der Waals surface area contributed by atoms with Crippen molar-refractivity contribution in [3.8, 4) is 0 Å². The zero-order valence-corrected chi connectivity index (χ0v) is 23.1. The summed E-state index contributed by atoms with van der Waals surface area (Å²) in [6.45, 7) is 8.22. The van der Waals surface area contributed by atoms with E-state index < -0.39 is 0 Å². The van der Waals surface area contributed by atoms with Crippen LogP contribution in [0.2, 0.25) is 10.0 Å². The quantitative estimate of drug-likeness (QED) is 0.203. The van der Waals surface area contributed by atoms with Gasteiger partial charge in [-0.2, -0.15) is 0 Å². The number of alkyl halides is 1. The molecule has 2 N–H and O–H groups in total. The first-order valence-electron chi connectivity index (χ1n) is 9.50. The number of nitrogens with one attached hydrogen (secondary N) is 2. The summed E-state index contributed by atoms with van der Waals surface area (Å²) in [5.74, 6) is 0.530. The second kappa shape index (κ2) is 13.6. The minimum absolute atomic E-state index is 0.00665. The Morgan fingerprint density at radius 1 is 1.17 bits per heavy atom. The summed E-state index contributed by atoms with van der Waals surface area (Å²) in [5, 5.41) is 8.35. The summed E-state index contributed by atoms with van der Waals surface area (Å²) in [6.07, 6.45) is 1.64. The van der Waals surface area contributed by atoms with Gasteiger partial charge in [0.25, 0.3) is 0 Å². The number of allylic oxidation sites excluding steroid dienone is 1. The van der Waals surface area contributed by atoms with Gasteiger partial charge in [0.1, 0.15) is 6.29 Å². The average molecular weight is 626 g/mol.